The first-order valence-corrected chi connectivity index (χ1v) is 13.7. The first-order valence-electron chi connectivity index (χ1n) is 13.7. The summed E-state index contributed by atoms with van der Waals surface area (Å²) in [6.45, 7) is 11.6. The number of carbonyl (C=O) groups is 2. The van der Waals surface area contributed by atoms with E-state index in [1.54, 1.807) is 26.8 Å². The molecule has 1 amide bonds. The normalized spacial score (nSPS) is 29.8. The van der Waals surface area contributed by atoms with Gasteiger partial charge in [0.05, 0.1) is 12.2 Å². The summed E-state index contributed by atoms with van der Waals surface area (Å²) in [5.41, 5.74) is -0.155. The van der Waals surface area contributed by atoms with Crippen LogP contribution in [-0.4, -0.2) is 30.1 Å². The van der Waals surface area contributed by atoms with E-state index in [0.717, 1.165) is 36.2 Å². The summed E-state index contributed by atoms with van der Waals surface area (Å²) in [4.78, 5) is 26.1. The molecular formula is C30H42FNO4. The lowest BCUT2D eigenvalue weighted by atomic mass is 9.76. The quantitative estimate of drug-likeness (QED) is 0.441. The smallest absolute Gasteiger partial charge is 0.329 e. The minimum absolute atomic E-state index is 0.0407. The van der Waals surface area contributed by atoms with Gasteiger partial charge in [0.1, 0.15) is 23.2 Å². The van der Waals surface area contributed by atoms with Crippen molar-refractivity contribution >= 4 is 11.9 Å². The summed E-state index contributed by atoms with van der Waals surface area (Å²) in [6, 6.07) is 2.15. The molecule has 0 aromatic heterocycles. The zero-order valence-corrected chi connectivity index (χ0v) is 22.7. The zero-order valence-electron chi connectivity index (χ0n) is 22.7. The summed E-state index contributed by atoms with van der Waals surface area (Å²) < 4.78 is 27.3. The molecule has 6 rings (SSSR count). The molecule has 1 N–H and O–H groups in total. The van der Waals surface area contributed by atoms with E-state index < -0.39 is 34.8 Å². The Labute approximate surface area is 214 Å². The van der Waals surface area contributed by atoms with Gasteiger partial charge in [-0.3, -0.25) is 4.79 Å². The van der Waals surface area contributed by atoms with Gasteiger partial charge in [-0.2, -0.15) is 0 Å². The van der Waals surface area contributed by atoms with Gasteiger partial charge in [-0.1, -0.05) is 20.8 Å². The Morgan fingerprint density at radius 3 is 2.25 bits per heavy atom. The SMILES string of the molecule is CC(C)(C)OC(=O)[C@@H](NC(=O)c1cc(C2CC2)c(OCC23CC4CC(CC2C4)C3)cc1F)C(C)(C)C. The molecular weight excluding hydrogens is 457 g/mol. The predicted octanol–water partition coefficient (Wildman–Crippen LogP) is 6.39. The van der Waals surface area contributed by atoms with E-state index in [9.17, 15) is 9.59 Å². The van der Waals surface area contributed by atoms with Crippen molar-refractivity contribution in [2.45, 2.75) is 104 Å². The molecule has 6 heteroatoms. The second kappa shape index (κ2) is 8.73. The molecule has 2 unspecified atom stereocenters. The van der Waals surface area contributed by atoms with Crippen LogP contribution in [0.1, 0.15) is 108 Å². The summed E-state index contributed by atoms with van der Waals surface area (Å²) in [7, 11) is 0. The van der Waals surface area contributed by atoms with Crippen LogP contribution >= 0.6 is 0 Å². The average Bonchev–Trinajstić information content (AvgIpc) is 3.51. The van der Waals surface area contributed by atoms with Gasteiger partial charge in [0.25, 0.3) is 5.91 Å². The Hall–Kier alpha value is -2.11. The fourth-order valence-electron chi connectivity index (χ4n) is 7.20. The lowest BCUT2D eigenvalue weighted by Crippen LogP contribution is -2.51. The predicted molar refractivity (Wildman–Crippen MR) is 136 cm³/mol. The largest absolute Gasteiger partial charge is 0.493 e. The maximum atomic E-state index is 15.4. The van der Waals surface area contributed by atoms with Crippen molar-refractivity contribution in [3.8, 4) is 5.75 Å². The highest BCUT2D eigenvalue weighted by molar-refractivity contribution is 5.97. The van der Waals surface area contributed by atoms with E-state index in [4.69, 9.17) is 9.47 Å². The van der Waals surface area contributed by atoms with Crippen LogP contribution in [-0.2, 0) is 9.53 Å². The third-order valence-electron chi connectivity index (χ3n) is 8.82. The highest BCUT2D eigenvalue weighted by Gasteiger charge is 2.58. The molecule has 5 nitrogen and oxygen atoms in total. The van der Waals surface area contributed by atoms with Gasteiger partial charge >= 0.3 is 5.97 Å². The summed E-state index contributed by atoms with van der Waals surface area (Å²) in [5.74, 6) is 1.59. The monoisotopic (exact) mass is 499 g/mol. The lowest BCUT2D eigenvalue weighted by Gasteiger charge is -2.33. The van der Waals surface area contributed by atoms with Crippen LogP contribution < -0.4 is 10.1 Å². The van der Waals surface area contributed by atoms with Crippen LogP contribution in [0.15, 0.2) is 12.1 Å². The molecule has 1 aromatic carbocycles. The maximum absolute atomic E-state index is 15.4. The average molecular weight is 500 g/mol. The molecule has 5 fully saturated rings. The van der Waals surface area contributed by atoms with Crippen molar-refractivity contribution < 1.29 is 23.5 Å². The second-order valence-electron chi connectivity index (χ2n) is 14.1. The number of halogens is 1. The number of amides is 1. The Kier molecular flexibility index (Phi) is 6.19. The Bertz CT molecular complexity index is 1030. The van der Waals surface area contributed by atoms with E-state index in [2.05, 4.69) is 5.32 Å². The second-order valence-corrected chi connectivity index (χ2v) is 14.1. The van der Waals surface area contributed by atoms with Gasteiger partial charge < -0.3 is 14.8 Å². The highest BCUT2D eigenvalue weighted by atomic mass is 19.1. The molecule has 5 saturated carbocycles. The fraction of sp³-hybridized carbons (Fsp3) is 0.733. The van der Waals surface area contributed by atoms with Gasteiger partial charge in [0.15, 0.2) is 0 Å². The molecule has 0 heterocycles. The Balaban J connectivity index is 1.34. The van der Waals surface area contributed by atoms with E-state index in [1.165, 1.54) is 38.2 Å². The zero-order chi connectivity index (χ0) is 26.0. The molecule has 0 aliphatic heterocycles. The summed E-state index contributed by atoms with van der Waals surface area (Å²) in [5, 5.41) is 2.76. The number of esters is 1. The molecule has 0 spiro atoms. The number of nitrogens with one attached hydrogen (secondary N) is 1. The van der Waals surface area contributed by atoms with Crippen LogP contribution in [0.4, 0.5) is 4.39 Å². The molecule has 198 valence electrons. The van der Waals surface area contributed by atoms with Crippen molar-refractivity contribution in [3.05, 3.63) is 29.1 Å². The van der Waals surface area contributed by atoms with Crippen molar-refractivity contribution in [3.63, 3.8) is 0 Å². The van der Waals surface area contributed by atoms with Crippen molar-refractivity contribution in [2.75, 3.05) is 6.61 Å². The molecule has 0 radical (unpaired) electrons. The van der Waals surface area contributed by atoms with E-state index in [0.29, 0.717) is 18.3 Å². The third kappa shape index (κ3) is 5.02. The molecule has 3 atom stereocenters. The molecule has 4 bridgehead atoms. The van der Waals surface area contributed by atoms with Crippen molar-refractivity contribution in [2.24, 2.45) is 28.6 Å². The van der Waals surface area contributed by atoms with Crippen LogP contribution in [0, 0.1) is 34.4 Å². The standard InChI is InChI=1S/C30H42FNO4/c1-28(2,3)25(27(34)36-29(4,5)6)32-26(33)22-12-21(19-7-8-19)24(13-23(22)31)35-16-30-14-17-9-18(15-30)11-20(30)10-17/h12-13,17-20,25H,7-11,14-16H2,1-6H3,(H,32,33)/t17?,18?,20?,25-,30?/m1/s1. The summed E-state index contributed by atoms with van der Waals surface area (Å²) >= 11 is 0. The van der Waals surface area contributed by atoms with Gasteiger partial charge in [-0.25, -0.2) is 9.18 Å². The van der Waals surface area contributed by atoms with Crippen molar-refractivity contribution in [1.29, 1.82) is 0 Å². The molecule has 5 aliphatic rings. The van der Waals surface area contributed by atoms with E-state index in [-0.39, 0.29) is 11.0 Å². The van der Waals surface area contributed by atoms with Crippen LogP contribution in [0.2, 0.25) is 0 Å². The number of benzene rings is 1. The van der Waals surface area contributed by atoms with Crippen molar-refractivity contribution in [1.82, 2.24) is 5.32 Å². The number of carbonyl (C=O) groups excluding carboxylic acids is 2. The van der Waals surface area contributed by atoms with E-state index >= 15 is 4.39 Å². The van der Waals surface area contributed by atoms with Crippen LogP contribution in [0.25, 0.3) is 0 Å². The molecule has 0 saturated heterocycles. The first-order chi connectivity index (χ1) is 16.7. The lowest BCUT2D eigenvalue weighted by molar-refractivity contribution is -0.160. The van der Waals surface area contributed by atoms with Gasteiger partial charge in [-0.15, -0.1) is 0 Å². The number of hydrogen-bond acceptors (Lipinski definition) is 4. The Morgan fingerprint density at radius 1 is 1.06 bits per heavy atom. The fourth-order valence-corrected chi connectivity index (χ4v) is 7.20. The molecule has 5 aliphatic carbocycles. The molecule has 36 heavy (non-hydrogen) atoms. The Morgan fingerprint density at radius 2 is 1.69 bits per heavy atom. The summed E-state index contributed by atoms with van der Waals surface area (Å²) in [6.07, 6.45) is 8.56. The van der Waals surface area contributed by atoms with Gasteiger partial charge in [0.2, 0.25) is 0 Å². The number of hydrogen-bond donors (Lipinski definition) is 1. The topological polar surface area (TPSA) is 64.6 Å². The number of rotatable bonds is 7. The number of ether oxygens (including phenoxy) is 2. The third-order valence-corrected chi connectivity index (χ3v) is 8.82. The van der Waals surface area contributed by atoms with Gasteiger partial charge in [-0.05, 0) is 106 Å². The molecule has 1 aromatic rings. The first kappa shape index (κ1) is 25.5. The van der Waals surface area contributed by atoms with Crippen LogP contribution in [0.3, 0.4) is 0 Å². The highest BCUT2D eigenvalue weighted by Crippen LogP contribution is 2.65. The van der Waals surface area contributed by atoms with Gasteiger partial charge in [0, 0.05) is 11.5 Å². The minimum Gasteiger partial charge on any atom is -0.493 e. The maximum Gasteiger partial charge on any atom is 0.329 e. The minimum atomic E-state index is -0.906. The van der Waals surface area contributed by atoms with Crippen LogP contribution in [0.5, 0.6) is 5.75 Å². The van der Waals surface area contributed by atoms with E-state index in [1.807, 2.05) is 20.8 Å².